The minimum atomic E-state index is -1.92. The van der Waals surface area contributed by atoms with Gasteiger partial charge in [0.25, 0.3) is 0 Å². The molecule has 2 N–H and O–H groups in total. The highest BCUT2D eigenvalue weighted by molar-refractivity contribution is 7.77. The van der Waals surface area contributed by atoms with Crippen LogP contribution in [0.3, 0.4) is 0 Å². The third-order valence-corrected chi connectivity index (χ3v) is 0.782. The Bertz CT molecular complexity index is 74.1. The summed E-state index contributed by atoms with van der Waals surface area (Å²) in [5.74, 6) is 0. The molecule has 4 nitrogen and oxygen atoms in total. The second-order valence-corrected chi connectivity index (χ2v) is 1.92. The van der Waals surface area contributed by atoms with E-state index in [4.69, 9.17) is 4.55 Å². The van der Waals surface area contributed by atoms with E-state index in [1.807, 2.05) is 0 Å². The summed E-state index contributed by atoms with van der Waals surface area (Å²) in [5.41, 5.74) is 0. The Morgan fingerprint density at radius 3 is 2.14 bits per heavy atom. The Labute approximate surface area is 44.9 Å². The predicted octanol–water partition coefficient (Wildman–Crippen LogP) is -0.811. The molecule has 5 heteroatoms. The average molecular weight is 124 g/mol. The molecule has 0 aromatic heterocycles. The van der Waals surface area contributed by atoms with Crippen LogP contribution >= 0.6 is 0 Å². The molecule has 0 aromatic carbocycles. The lowest BCUT2D eigenvalue weighted by Gasteiger charge is -2.04. The van der Waals surface area contributed by atoms with Crippen LogP contribution < -0.4 is 4.83 Å². The van der Waals surface area contributed by atoms with Crippen LogP contribution in [-0.4, -0.2) is 27.9 Å². The molecule has 0 aliphatic rings. The molecule has 0 bridgehead atoms. The van der Waals surface area contributed by atoms with Gasteiger partial charge in [-0.1, -0.05) is 0 Å². The first-order valence-corrected chi connectivity index (χ1v) is 2.78. The van der Waals surface area contributed by atoms with Crippen LogP contribution in [0.5, 0.6) is 0 Å². The molecule has 0 saturated heterocycles. The van der Waals surface area contributed by atoms with E-state index in [1.54, 1.807) is 14.1 Å². The molecule has 44 valence electrons. The smallest absolute Gasteiger partial charge is 0.246 e. The second kappa shape index (κ2) is 3.09. The first kappa shape index (κ1) is 7.03. The highest BCUT2D eigenvalue weighted by atomic mass is 32.2. The highest BCUT2D eigenvalue weighted by Crippen LogP contribution is 1.63. The fourth-order valence-corrected chi connectivity index (χ4v) is 0.469. The number of hydrazine groups is 1. The van der Waals surface area contributed by atoms with Crippen LogP contribution in [0.15, 0.2) is 0 Å². The monoisotopic (exact) mass is 124 g/mol. The van der Waals surface area contributed by atoms with Crippen molar-refractivity contribution in [3.63, 3.8) is 0 Å². The van der Waals surface area contributed by atoms with E-state index in [-0.39, 0.29) is 0 Å². The Balaban J connectivity index is 3.13. The molecule has 0 aliphatic carbocycles. The van der Waals surface area contributed by atoms with Gasteiger partial charge in [-0.25, -0.2) is 9.22 Å². The maximum atomic E-state index is 9.77. The molecule has 1 atom stereocenters. The van der Waals surface area contributed by atoms with E-state index in [0.29, 0.717) is 0 Å². The normalized spacial score (nSPS) is 14.9. The third kappa shape index (κ3) is 6.03. The standard InChI is InChI=1S/C2H8N2O2S/c1-4(2)3-7(5)6/h3H,1-2H3,(H,5,6). The van der Waals surface area contributed by atoms with E-state index in [0.717, 1.165) is 0 Å². The summed E-state index contributed by atoms with van der Waals surface area (Å²) in [4.78, 5) is 2.17. The van der Waals surface area contributed by atoms with Gasteiger partial charge in [-0.3, -0.25) is 4.55 Å². The van der Waals surface area contributed by atoms with E-state index >= 15 is 0 Å². The number of rotatable bonds is 2. The number of hydrogen-bond donors (Lipinski definition) is 2. The molecule has 0 spiro atoms. The van der Waals surface area contributed by atoms with Crippen LogP contribution in [-0.2, 0) is 11.3 Å². The van der Waals surface area contributed by atoms with Crippen LogP contribution in [0.1, 0.15) is 0 Å². The van der Waals surface area contributed by atoms with Gasteiger partial charge in [-0.2, -0.15) is 0 Å². The van der Waals surface area contributed by atoms with Crippen molar-refractivity contribution in [1.29, 1.82) is 0 Å². The fraction of sp³-hybridized carbons (Fsp3) is 1.00. The van der Waals surface area contributed by atoms with Gasteiger partial charge < -0.3 is 0 Å². The molecule has 0 rings (SSSR count). The lowest BCUT2D eigenvalue weighted by molar-refractivity contribution is 0.358. The number of hydrogen-bond acceptors (Lipinski definition) is 2. The van der Waals surface area contributed by atoms with Crippen LogP contribution in [0.4, 0.5) is 0 Å². The summed E-state index contributed by atoms with van der Waals surface area (Å²) < 4.78 is 17.8. The zero-order valence-electron chi connectivity index (χ0n) is 4.21. The summed E-state index contributed by atoms with van der Waals surface area (Å²) in [6.45, 7) is 0. The van der Waals surface area contributed by atoms with Gasteiger partial charge in [0.05, 0.1) is 0 Å². The molecule has 0 radical (unpaired) electrons. The first-order valence-electron chi connectivity index (χ1n) is 1.67. The largest absolute Gasteiger partial charge is 0.293 e. The summed E-state index contributed by atoms with van der Waals surface area (Å²) in [6, 6.07) is 0. The molecule has 0 aliphatic heterocycles. The Kier molecular flexibility index (Phi) is 3.10. The quantitative estimate of drug-likeness (QED) is 0.374. The van der Waals surface area contributed by atoms with Gasteiger partial charge in [-0.15, -0.1) is 4.83 Å². The molecular formula is C2H8N2O2S. The second-order valence-electron chi connectivity index (χ2n) is 1.23. The van der Waals surface area contributed by atoms with E-state index in [2.05, 4.69) is 4.83 Å². The lowest BCUT2D eigenvalue weighted by atomic mass is 11.2. The van der Waals surface area contributed by atoms with Crippen LogP contribution in [0.2, 0.25) is 0 Å². The van der Waals surface area contributed by atoms with Gasteiger partial charge in [0.15, 0.2) is 0 Å². The molecular weight excluding hydrogens is 116 g/mol. The van der Waals surface area contributed by atoms with Crippen molar-refractivity contribution in [2.75, 3.05) is 14.1 Å². The molecule has 0 aromatic rings. The number of nitrogens with one attached hydrogen (secondary N) is 1. The summed E-state index contributed by atoms with van der Waals surface area (Å²) in [5, 5.41) is 1.40. The van der Waals surface area contributed by atoms with Gasteiger partial charge >= 0.3 is 0 Å². The van der Waals surface area contributed by atoms with Crippen molar-refractivity contribution in [2.24, 2.45) is 0 Å². The maximum Gasteiger partial charge on any atom is 0.246 e. The van der Waals surface area contributed by atoms with E-state index in [1.165, 1.54) is 5.01 Å². The fourth-order valence-electron chi connectivity index (χ4n) is 0.156. The molecule has 0 saturated carbocycles. The van der Waals surface area contributed by atoms with Gasteiger partial charge in [0, 0.05) is 14.1 Å². The molecule has 0 fully saturated rings. The molecule has 0 amide bonds. The zero-order chi connectivity index (χ0) is 5.86. The minimum absolute atomic E-state index is 1.40. The van der Waals surface area contributed by atoms with Crippen LogP contribution in [0, 0.1) is 0 Å². The molecule has 7 heavy (non-hydrogen) atoms. The summed E-state index contributed by atoms with van der Waals surface area (Å²) in [6.07, 6.45) is 0. The summed E-state index contributed by atoms with van der Waals surface area (Å²) in [7, 11) is 3.27. The lowest BCUT2D eigenvalue weighted by Crippen LogP contribution is -2.31. The third-order valence-electron chi connectivity index (χ3n) is 0.261. The highest BCUT2D eigenvalue weighted by Gasteiger charge is 1.88. The van der Waals surface area contributed by atoms with Crippen molar-refractivity contribution < 1.29 is 8.76 Å². The topological polar surface area (TPSA) is 52.6 Å². The van der Waals surface area contributed by atoms with Crippen molar-refractivity contribution in [3.05, 3.63) is 0 Å². The van der Waals surface area contributed by atoms with E-state index in [9.17, 15) is 4.21 Å². The Morgan fingerprint density at radius 2 is 2.14 bits per heavy atom. The minimum Gasteiger partial charge on any atom is -0.293 e. The molecule has 1 unspecified atom stereocenters. The average Bonchev–Trinajstić information content (AvgIpc) is 1.27. The predicted molar refractivity (Wildman–Crippen MR) is 27.6 cm³/mol. The van der Waals surface area contributed by atoms with Crippen molar-refractivity contribution >= 4 is 11.3 Å². The van der Waals surface area contributed by atoms with Crippen molar-refractivity contribution in [2.45, 2.75) is 0 Å². The van der Waals surface area contributed by atoms with Gasteiger partial charge in [-0.05, 0) is 0 Å². The van der Waals surface area contributed by atoms with Crippen molar-refractivity contribution in [1.82, 2.24) is 9.84 Å². The van der Waals surface area contributed by atoms with Crippen molar-refractivity contribution in [3.8, 4) is 0 Å². The molecule has 0 heterocycles. The maximum absolute atomic E-state index is 9.77. The Hall–Kier alpha value is 0.0300. The van der Waals surface area contributed by atoms with E-state index < -0.39 is 11.3 Å². The first-order chi connectivity index (χ1) is 3.13. The van der Waals surface area contributed by atoms with Gasteiger partial charge in [0.2, 0.25) is 11.3 Å². The SMILES string of the molecule is CN(C)NS(=O)O. The van der Waals surface area contributed by atoms with Crippen LogP contribution in [0.25, 0.3) is 0 Å². The van der Waals surface area contributed by atoms with Gasteiger partial charge in [0.1, 0.15) is 0 Å². The summed E-state index contributed by atoms with van der Waals surface area (Å²) >= 11 is -1.92. The Morgan fingerprint density at radius 1 is 1.71 bits per heavy atom. The zero-order valence-corrected chi connectivity index (χ0v) is 5.03. The number of nitrogens with zero attached hydrogens (tertiary/aromatic N) is 1.